The first kappa shape index (κ1) is 12.4. The molecule has 0 fully saturated rings. The van der Waals surface area contributed by atoms with Crippen molar-refractivity contribution in [3.63, 3.8) is 0 Å². The van der Waals surface area contributed by atoms with E-state index in [0.29, 0.717) is 0 Å². The fraction of sp³-hybridized carbons (Fsp3) is 0.857. The Balaban J connectivity index is 3.70. The summed E-state index contributed by atoms with van der Waals surface area (Å²) in [5.41, 5.74) is 0. The number of hydrogen-bond acceptors (Lipinski definition) is 5. The summed E-state index contributed by atoms with van der Waals surface area (Å²) in [5.74, 6) is -0.740. The third kappa shape index (κ3) is 6.53. The van der Waals surface area contributed by atoms with Crippen LogP contribution in [0.2, 0.25) is 0 Å². The molecule has 0 amide bonds. The molecule has 6 heteroatoms. The van der Waals surface area contributed by atoms with Gasteiger partial charge in [-0.05, 0) is 6.42 Å². The van der Waals surface area contributed by atoms with E-state index in [1.54, 1.807) is 0 Å². The zero-order valence-corrected chi connectivity index (χ0v) is 8.34. The van der Waals surface area contributed by atoms with Gasteiger partial charge in [-0.2, -0.15) is 0 Å². The monoisotopic (exact) mass is 210 g/mol. The van der Waals surface area contributed by atoms with Gasteiger partial charge in [-0.3, -0.25) is 4.79 Å². The minimum absolute atomic E-state index is 0.0807. The number of aliphatic hydroxyl groups excluding tert-OH is 1. The van der Waals surface area contributed by atoms with E-state index in [0.717, 1.165) is 0 Å². The Hall–Kier alpha value is -0.620. The summed E-state index contributed by atoms with van der Waals surface area (Å²) in [7, 11) is -1.94. The Bertz CT molecular complexity index is 244. The molecule has 0 saturated carbocycles. The summed E-state index contributed by atoms with van der Waals surface area (Å²) in [6.07, 6.45) is 0.343. The molecule has 0 unspecified atom stereocenters. The van der Waals surface area contributed by atoms with Gasteiger partial charge in [0.05, 0.1) is 25.2 Å². The number of ether oxygens (including phenoxy) is 1. The number of hydrogen-bond donors (Lipinski definition) is 1. The maximum Gasteiger partial charge on any atom is 0.305 e. The van der Waals surface area contributed by atoms with Gasteiger partial charge in [0.2, 0.25) is 0 Å². The maximum atomic E-state index is 11.0. The second-order valence-electron chi connectivity index (χ2n) is 2.56. The van der Waals surface area contributed by atoms with Gasteiger partial charge >= 0.3 is 5.97 Å². The summed E-state index contributed by atoms with van der Waals surface area (Å²) in [4.78, 5) is 10.6. The topological polar surface area (TPSA) is 80.7 Å². The summed E-state index contributed by atoms with van der Waals surface area (Å²) < 4.78 is 26.3. The Kier molecular flexibility index (Phi) is 5.65. The first-order valence-electron chi connectivity index (χ1n) is 3.90. The number of methoxy groups -OCH3 is 1. The molecule has 78 valence electrons. The standard InChI is InChI=1S/C7H14O5S/c1-12-7(9)3-2-5-13(10,11)6-4-8/h8H,2-6H2,1H3. The Morgan fingerprint density at radius 2 is 2.00 bits per heavy atom. The van der Waals surface area contributed by atoms with Crippen molar-refractivity contribution in [2.45, 2.75) is 12.8 Å². The lowest BCUT2D eigenvalue weighted by Gasteiger charge is -2.01. The summed E-state index contributed by atoms with van der Waals surface area (Å²) in [6, 6.07) is 0. The highest BCUT2D eigenvalue weighted by Gasteiger charge is 2.10. The normalized spacial score (nSPS) is 11.2. The first-order valence-corrected chi connectivity index (χ1v) is 5.72. The van der Waals surface area contributed by atoms with Crippen LogP contribution in [0, 0.1) is 0 Å². The van der Waals surface area contributed by atoms with E-state index in [4.69, 9.17) is 5.11 Å². The lowest BCUT2D eigenvalue weighted by atomic mass is 10.3. The summed E-state index contributed by atoms with van der Waals surface area (Å²) >= 11 is 0. The number of sulfone groups is 1. The van der Waals surface area contributed by atoms with Gasteiger partial charge in [0.25, 0.3) is 0 Å². The van der Waals surface area contributed by atoms with E-state index < -0.39 is 15.8 Å². The first-order chi connectivity index (χ1) is 6.02. The summed E-state index contributed by atoms with van der Waals surface area (Å²) in [6.45, 7) is -0.374. The van der Waals surface area contributed by atoms with Crippen molar-refractivity contribution < 1.29 is 23.1 Å². The predicted octanol–water partition coefficient (Wildman–Crippen LogP) is -0.653. The molecule has 5 nitrogen and oxygen atoms in total. The average molecular weight is 210 g/mol. The molecule has 0 aromatic rings. The number of aliphatic hydroxyl groups is 1. The zero-order valence-electron chi connectivity index (χ0n) is 7.52. The molecular weight excluding hydrogens is 196 g/mol. The van der Waals surface area contributed by atoms with Crippen LogP contribution in [0.1, 0.15) is 12.8 Å². The van der Waals surface area contributed by atoms with Crippen molar-refractivity contribution in [3.05, 3.63) is 0 Å². The van der Waals surface area contributed by atoms with E-state index in [2.05, 4.69) is 4.74 Å². The SMILES string of the molecule is COC(=O)CCCS(=O)(=O)CCO. The lowest BCUT2D eigenvalue weighted by molar-refractivity contribution is -0.140. The highest BCUT2D eigenvalue weighted by atomic mass is 32.2. The van der Waals surface area contributed by atoms with E-state index in [9.17, 15) is 13.2 Å². The molecule has 0 spiro atoms. The van der Waals surface area contributed by atoms with Crippen molar-refractivity contribution in [3.8, 4) is 0 Å². The second kappa shape index (κ2) is 5.93. The predicted molar refractivity (Wildman–Crippen MR) is 47.0 cm³/mol. The molecule has 1 N–H and O–H groups in total. The Morgan fingerprint density at radius 3 is 2.46 bits per heavy atom. The quantitative estimate of drug-likeness (QED) is 0.589. The van der Waals surface area contributed by atoms with Crippen LogP contribution in [0.4, 0.5) is 0 Å². The fourth-order valence-electron chi connectivity index (χ4n) is 0.780. The number of carbonyl (C=O) groups excluding carboxylic acids is 1. The largest absolute Gasteiger partial charge is 0.469 e. The number of esters is 1. The number of carbonyl (C=O) groups is 1. The highest BCUT2D eigenvalue weighted by molar-refractivity contribution is 7.91. The molecule has 0 bridgehead atoms. The maximum absolute atomic E-state index is 11.0. The molecule has 0 aliphatic carbocycles. The summed E-state index contributed by atoms with van der Waals surface area (Å²) in [5, 5.41) is 8.39. The van der Waals surface area contributed by atoms with Crippen molar-refractivity contribution in [2.75, 3.05) is 25.2 Å². The fourth-order valence-corrected chi connectivity index (χ4v) is 1.85. The molecule has 0 atom stereocenters. The van der Waals surface area contributed by atoms with Gasteiger partial charge in [-0.1, -0.05) is 0 Å². The molecule has 0 saturated heterocycles. The molecule has 13 heavy (non-hydrogen) atoms. The van der Waals surface area contributed by atoms with Gasteiger partial charge in [-0.15, -0.1) is 0 Å². The third-order valence-electron chi connectivity index (χ3n) is 1.47. The van der Waals surface area contributed by atoms with Crippen molar-refractivity contribution in [2.24, 2.45) is 0 Å². The van der Waals surface area contributed by atoms with Gasteiger partial charge in [0, 0.05) is 6.42 Å². The lowest BCUT2D eigenvalue weighted by Crippen LogP contribution is -2.15. The van der Waals surface area contributed by atoms with Crippen LogP contribution in [0.5, 0.6) is 0 Å². The van der Waals surface area contributed by atoms with Crippen molar-refractivity contribution in [1.29, 1.82) is 0 Å². The van der Waals surface area contributed by atoms with Gasteiger partial charge in [0.15, 0.2) is 9.84 Å². The van der Waals surface area contributed by atoms with Crippen LogP contribution in [-0.4, -0.2) is 44.7 Å². The Labute approximate surface area is 77.6 Å². The van der Waals surface area contributed by atoms with Crippen LogP contribution in [-0.2, 0) is 19.4 Å². The molecule has 0 aromatic heterocycles. The van der Waals surface area contributed by atoms with E-state index in [1.165, 1.54) is 7.11 Å². The van der Waals surface area contributed by atoms with Crippen molar-refractivity contribution in [1.82, 2.24) is 0 Å². The minimum atomic E-state index is -3.19. The highest BCUT2D eigenvalue weighted by Crippen LogP contribution is 1.98. The number of rotatable bonds is 6. The van der Waals surface area contributed by atoms with Crippen molar-refractivity contribution >= 4 is 15.8 Å². The van der Waals surface area contributed by atoms with Gasteiger partial charge in [-0.25, -0.2) is 8.42 Å². The molecule has 0 aliphatic rings. The zero-order chi connectivity index (χ0) is 10.3. The van der Waals surface area contributed by atoms with Gasteiger partial charge in [0.1, 0.15) is 0 Å². The van der Waals surface area contributed by atoms with E-state index in [-0.39, 0.29) is 31.0 Å². The van der Waals surface area contributed by atoms with Crippen LogP contribution < -0.4 is 0 Å². The molecule has 0 rings (SSSR count). The molecular formula is C7H14O5S. The average Bonchev–Trinajstić information content (AvgIpc) is 2.03. The molecule has 0 heterocycles. The van der Waals surface area contributed by atoms with Crippen LogP contribution in [0.25, 0.3) is 0 Å². The Morgan fingerprint density at radius 1 is 1.38 bits per heavy atom. The second-order valence-corrected chi connectivity index (χ2v) is 4.86. The van der Waals surface area contributed by atoms with Crippen LogP contribution in [0.15, 0.2) is 0 Å². The molecule has 0 aromatic carbocycles. The van der Waals surface area contributed by atoms with E-state index in [1.807, 2.05) is 0 Å². The minimum Gasteiger partial charge on any atom is -0.469 e. The van der Waals surface area contributed by atoms with Gasteiger partial charge < -0.3 is 9.84 Å². The smallest absolute Gasteiger partial charge is 0.305 e. The van der Waals surface area contributed by atoms with Crippen LogP contribution >= 0.6 is 0 Å². The van der Waals surface area contributed by atoms with E-state index >= 15 is 0 Å². The molecule has 0 radical (unpaired) electrons. The van der Waals surface area contributed by atoms with Crippen LogP contribution in [0.3, 0.4) is 0 Å². The molecule has 0 aliphatic heterocycles. The third-order valence-corrected chi connectivity index (χ3v) is 3.18.